The Morgan fingerprint density at radius 1 is 1.04 bits per heavy atom. The number of nitrogens with zero attached hydrogens (tertiary/aromatic N) is 4. The average Bonchev–Trinajstić information content (AvgIpc) is 3.11. The first-order valence-corrected chi connectivity index (χ1v) is 8.96. The maximum Gasteiger partial charge on any atom is 0.416 e. The molecule has 0 aliphatic rings. The van der Waals surface area contributed by atoms with Gasteiger partial charge in [-0.05, 0) is 66.9 Å². The van der Waals surface area contributed by atoms with Crippen LogP contribution in [0.2, 0.25) is 0 Å². The Kier molecular flexibility index (Phi) is 5.14. The predicted octanol–water partition coefficient (Wildman–Crippen LogP) is 5.04. The number of anilines is 1. The van der Waals surface area contributed by atoms with Gasteiger partial charge in [-0.1, -0.05) is 31.2 Å². The molecular formula is C20H22F3N5. The monoisotopic (exact) mass is 389 g/mol. The number of nitrogens with one attached hydrogen (secondary N) is 1. The van der Waals surface area contributed by atoms with E-state index in [0.29, 0.717) is 17.9 Å². The molecule has 0 fully saturated rings. The van der Waals surface area contributed by atoms with Crippen LogP contribution in [0, 0.1) is 13.8 Å². The number of rotatable bonds is 5. The molecule has 0 aliphatic heterocycles. The third-order valence-electron chi connectivity index (χ3n) is 4.93. The number of aromatic nitrogens is 4. The normalized spacial score (nSPS) is 14.0. The lowest BCUT2D eigenvalue weighted by Crippen LogP contribution is -2.35. The fourth-order valence-corrected chi connectivity index (χ4v) is 3.22. The summed E-state index contributed by atoms with van der Waals surface area (Å²) in [6, 6.07) is 11.0. The van der Waals surface area contributed by atoms with Gasteiger partial charge in [0.05, 0.1) is 16.8 Å². The van der Waals surface area contributed by atoms with Gasteiger partial charge in [-0.3, -0.25) is 0 Å². The van der Waals surface area contributed by atoms with Crippen molar-refractivity contribution in [3.63, 3.8) is 0 Å². The van der Waals surface area contributed by atoms with Gasteiger partial charge in [-0.15, -0.1) is 5.10 Å². The lowest BCUT2D eigenvalue weighted by atomic mass is 9.96. The van der Waals surface area contributed by atoms with Crippen molar-refractivity contribution in [2.45, 2.75) is 45.8 Å². The van der Waals surface area contributed by atoms with Gasteiger partial charge in [0.15, 0.2) is 5.82 Å². The minimum atomic E-state index is -4.40. The smallest absolute Gasteiger partial charge is 0.373 e. The Balaban J connectivity index is 2.04. The first-order chi connectivity index (χ1) is 13.2. The zero-order chi connectivity index (χ0) is 20.5. The SMILES string of the molecule is CC[C@@](C)(Nc1cccc(C(F)(F)F)c1)c1nnnn1-c1c(C)cccc1C. The highest BCUT2D eigenvalue weighted by molar-refractivity contribution is 5.51. The van der Waals surface area contributed by atoms with Crippen LogP contribution < -0.4 is 5.32 Å². The maximum absolute atomic E-state index is 13.1. The second kappa shape index (κ2) is 7.26. The van der Waals surface area contributed by atoms with Crippen LogP contribution in [0.5, 0.6) is 0 Å². The van der Waals surface area contributed by atoms with Gasteiger partial charge in [0.25, 0.3) is 0 Å². The van der Waals surface area contributed by atoms with Crippen LogP contribution in [-0.2, 0) is 11.7 Å². The molecule has 8 heteroatoms. The second-order valence-electron chi connectivity index (χ2n) is 7.04. The van der Waals surface area contributed by atoms with Crippen molar-refractivity contribution in [1.82, 2.24) is 20.2 Å². The van der Waals surface area contributed by atoms with Gasteiger partial charge in [-0.25, -0.2) is 0 Å². The number of tetrazole rings is 1. The average molecular weight is 389 g/mol. The van der Waals surface area contributed by atoms with E-state index in [1.165, 1.54) is 6.07 Å². The molecule has 0 saturated carbocycles. The molecule has 5 nitrogen and oxygen atoms in total. The zero-order valence-corrected chi connectivity index (χ0v) is 16.2. The molecule has 1 N–H and O–H groups in total. The molecule has 0 spiro atoms. The third kappa shape index (κ3) is 3.72. The summed E-state index contributed by atoms with van der Waals surface area (Å²) in [7, 11) is 0. The minimum Gasteiger partial charge on any atom is -0.373 e. The van der Waals surface area contributed by atoms with E-state index in [0.717, 1.165) is 28.9 Å². The van der Waals surface area contributed by atoms with E-state index in [4.69, 9.17) is 0 Å². The van der Waals surface area contributed by atoms with Crippen LogP contribution in [0.15, 0.2) is 42.5 Å². The molecule has 0 unspecified atom stereocenters. The summed E-state index contributed by atoms with van der Waals surface area (Å²) < 4.78 is 40.9. The molecule has 1 heterocycles. The summed E-state index contributed by atoms with van der Waals surface area (Å²) in [6.07, 6.45) is -3.84. The molecule has 0 amide bonds. The summed E-state index contributed by atoms with van der Waals surface area (Å²) >= 11 is 0. The highest BCUT2D eigenvalue weighted by Crippen LogP contribution is 2.34. The van der Waals surface area contributed by atoms with Gasteiger partial charge >= 0.3 is 6.18 Å². The zero-order valence-electron chi connectivity index (χ0n) is 16.2. The minimum absolute atomic E-state index is 0.357. The van der Waals surface area contributed by atoms with E-state index in [-0.39, 0.29) is 0 Å². The third-order valence-corrected chi connectivity index (χ3v) is 4.93. The van der Waals surface area contributed by atoms with E-state index >= 15 is 0 Å². The van der Waals surface area contributed by atoms with Crippen LogP contribution in [0.25, 0.3) is 5.69 Å². The Labute approximate surface area is 161 Å². The molecule has 148 valence electrons. The summed E-state index contributed by atoms with van der Waals surface area (Å²) in [5.74, 6) is 0.532. The topological polar surface area (TPSA) is 55.6 Å². The molecule has 1 atom stereocenters. The Morgan fingerprint density at radius 2 is 1.68 bits per heavy atom. The first kappa shape index (κ1) is 19.9. The van der Waals surface area contributed by atoms with E-state index in [9.17, 15) is 13.2 Å². The van der Waals surface area contributed by atoms with E-state index < -0.39 is 17.3 Å². The van der Waals surface area contributed by atoms with Crippen molar-refractivity contribution in [3.8, 4) is 5.69 Å². The van der Waals surface area contributed by atoms with Crippen molar-refractivity contribution < 1.29 is 13.2 Å². The maximum atomic E-state index is 13.1. The van der Waals surface area contributed by atoms with E-state index in [1.54, 1.807) is 10.7 Å². The van der Waals surface area contributed by atoms with Crippen LogP contribution in [-0.4, -0.2) is 20.2 Å². The largest absolute Gasteiger partial charge is 0.416 e. The number of halogens is 3. The Hall–Kier alpha value is -2.90. The van der Waals surface area contributed by atoms with Crippen molar-refractivity contribution in [3.05, 3.63) is 65.0 Å². The number of alkyl halides is 3. The lowest BCUT2D eigenvalue weighted by molar-refractivity contribution is -0.137. The molecule has 0 aliphatic carbocycles. The number of para-hydroxylation sites is 1. The summed E-state index contributed by atoms with van der Waals surface area (Å²) in [5.41, 5.74) is 1.76. The number of aryl methyl sites for hydroxylation is 2. The van der Waals surface area contributed by atoms with Crippen LogP contribution in [0.4, 0.5) is 18.9 Å². The molecule has 1 aromatic heterocycles. The summed E-state index contributed by atoms with van der Waals surface area (Å²) in [4.78, 5) is 0. The standard InChI is InChI=1S/C20H22F3N5/c1-5-19(4,24-16-11-7-10-15(12-16)20(21,22)23)18-25-26-27-28(18)17-13(2)8-6-9-14(17)3/h6-12,24H,5H2,1-4H3/t19-/m1/s1. The van der Waals surface area contributed by atoms with Crippen LogP contribution in [0.3, 0.4) is 0 Å². The second-order valence-corrected chi connectivity index (χ2v) is 7.04. The Bertz CT molecular complexity index is 960. The molecule has 0 radical (unpaired) electrons. The number of benzene rings is 2. The van der Waals surface area contributed by atoms with Crippen LogP contribution >= 0.6 is 0 Å². The first-order valence-electron chi connectivity index (χ1n) is 8.96. The molecule has 28 heavy (non-hydrogen) atoms. The van der Waals surface area contributed by atoms with E-state index in [1.807, 2.05) is 45.9 Å². The molecule has 2 aromatic carbocycles. The lowest BCUT2D eigenvalue weighted by Gasteiger charge is -2.30. The van der Waals surface area contributed by atoms with Crippen molar-refractivity contribution in [2.75, 3.05) is 5.32 Å². The summed E-state index contributed by atoms with van der Waals surface area (Å²) in [6.45, 7) is 7.75. The van der Waals surface area contributed by atoms with Gasteiger partial charge in [-0.2, -0.15) is 17.9 Å². The summed E-state index contributed by atoms with van der Waals surface area (Å²) in [5, 5.41) is 15.4. The van der Waals surface area contributed by atoms with Gasteiger partial charge in [0.2, 0.25) is 0 Å². The van der Waals surface area contributed by atoms with Gasteiger partial charge in [0.1, 0.15) is 0 Å². The van der Waals surface area contributed by atoms with Crippen molar-refractivity contribution in [2.24, 2.45) is 0 Å². The molecule has 0 saturated heterocycles. The van der Waals surface area contributed by atoms with Crippen LogP contribution in [0.1, 0.15) is 42.8 Å². The predicted molar refractivity (Wildman–Crippen MR) is 101 cm³/mol. The Morgan fingerprint density at radius 3 is 2.29 bits per heavy atom. The molecule has 0 bridgehead atoms. The quantitative estimate of drug-likeness (QED) is 0.665. The fraction of sp³-hybridized carbons (Fsp3) is 0.350. The van der Waals surface area contributed by atoms with Gasteiger partial charge < -0.3 is 5.32 Å². The molecule has 3 rings (SSSR count). The highest BCUT2D eigenvalue weighted by atomic mass is 19.4. The molecule has 3 aromatic rings. The van der Waals surface area contributed by atoms with Crippen molar-refractivity contribution in [1.29, 1.82) is 0 Å². The fourth-order valence-electron chi connectivity index (χ4n) is 3.22. The number of hydrogen-bond donors (Lipinski definition) is 1. The highest BCUT2D eigenvalue weighted by Gasteiger charge is 2.34. The van der Waals surface area contributed by atoms with Crippen molar-refractivity contribution >= 4 is 5.69 Å². The number of hydrogen-bond acceptors (Lipinski definition) is 4. The molecular weight excluding hydrogens is 367 g/mol. The van der Waals surface area contributed by atoms with E-state index in [2.05, 4.69) is 20.8 Å². The van der Waals surface area contributed by atoms with Gasteiger partial charge in [0, 0.05) is 5.69 Å².